The van der Waals surface area contributed by atoms with Crippen molar-refractivity contribution in [3.05, 3.63) is 35.4 Å². The third-order valence-corrected chi connectivity index (χ3v) is 3.72. The second-order valence-corrected chi connectivity index (χ2v) is 5.60. The lowest BCUT2D eigenvalue weighted by Crippen LogP contribution is -2.38. The molecule has 0 heterocycles. The summed E-state index contributed by atoms with van der Waals surface area (Å²) < 4.78 is 63.6. The first kappa shape index (κ1) is 16.7. The summed E-state index contributed by atoms with van der Waals surface area (Å²) in [5, 5.41) is 2.49. The summed E-state index contributed by atoms with van der Waals surface area (Å²) >= 11 is 0. The van der Waals surface area contributed by atoms with Gasteiger partial charge in [0.15, 0.2) is 0 Å². The number of carbonyl (C=O) groups excluding carboxylic acids is 1. The molecule has 22 heavy (non-hydrogen) atoms. The van der Waals surface area contributed by atoms with Gasteiger partial charge in [0.1, 0.15) is 0 Å². The predicted octanol–water partition coefficient (Wildman–Crippen LogP) is 3.80. The van der Waals surface area contributed by atoms with E-state index in [1.807, 2.05) is 0 Å². The molecule has 7 heteroatoms. The van der Waals surface area contributed by atoms with Crippen LogP contribution in [-0.4, -0.2) is 18.4 Å². The maximum absolute atomic E-state index is 12.8. The van der Waals surface area contributed by atoms with E-state index in [4.69, 9.17) is 0 Å². The van der Waals surface area contributed by atoms with Gasteiger partial charge in [-0.1, -0.05) is 18.2 Å². The minimum absolute atomic E-state index is 0.0947. The number of benzene rings is 1. The Morgan fingerprint density at radius 1 is 1.23 bits per heavy atom. The summed E-state index contributed by atoms with van der Waals surface area (Å²) in [4.78, 5) is 11.7. The van der Waals surface area contributed by atoms with E-state index in [1.54, 1.807) is 0 Å². The molecule has 1 aromatic carbocycles. The second kappa shape index (κ2) is 6.22. The Labute approximate surface area is 124 Å². The van der Waals surface area contributed by atoms with Gasteiger partial charge in [0, 0.05) is 19.4 Å². The molecule has 0 aromatic heterocycles. The van der Waals surface area contributed by atoms with Gasteiger partial charge in [-0.25, -0.2) is 8.78 Å². The highest BCUT2D eigenvalue weighted by Gasteiger charge is 2.44. The van der Waals surface area contributed by atoms with Crippen LogP contribution in [0.5, 0.6) is 0 Å². The molecule has 0 unspecified atom stereocenters. The molecule has 0 saturated heterocycles. The normalized spacial score (nSPS) is 17.9. The van der Waals surface area contributed by atoms with Crippen LogP contribution in [-0.2, 0) is 17.4 Å². The number of halogens is 5. The minimum Gasteiger partial charge on any atom is -0.356 e. The summed E-state index contributed by atoms with van der Waals surface area (Å²) in [6.07, 6.45) is -4.83. The Morgan fingerprint density at radius 3 is 2.45 bits per heavy atom. The number of hydrogen-bond acceptors (Lipinski definition) is 1. The maximum Gasteiger partial charge on any atom is 0.416 e. The highest BCUT2D eigenvalue weighted by molar-refractivity contribution is 5.78. The van der Waals surface area contributed by atoms with E-state index in [-0.39, 0.29) is 37.3 Å². The van der Waals surface area contributed by atoms with E-state index in [1.165, 1.54) is 18.2 Å². The van der Waals surface area contributed by atoms with Crippen molar-refractivity contribution in [3.63, 3.8) is 0 Å². The lowest BCUT2D eigenvalue weighted by atomic mass is 9.79. The molecule has 2 nitrogen and oxygen atoms in total. The van der Waals surface area contributed by atoms with Crippen molar-refractivity contribution in [2.75, 3.05) is 6.54 Å². The van der Waals surface area contributed by atoms with Crippen molar-refractivity contribution in [1.82, 2.24) is 5.32 Å². The van der Waals surface area contributed by atoms with E-state index >= 15 is 0 Å². The number of carbonyl (C=O) groups is 1. The number of alkyl halides is 5. The van der Waals surface area contributed by atoms with Crippen LogP contribution >= 0.6 is 0 Å². The van der Waals surface area contributed by atoms with Crippen LogP contribution in [0, 0.1) is 5.92 Å². The van der Waals surface area contributed by atoms with Crippen LogP contribution in [0.25, 0.3) is 0 Å². The molecule has 0 radical (unpaired) electrons. The molecule has 1 aliphatic rings. The average Bonchev–Trinajstić information content (AvgIpc) is 2.35. The summed E-state index contributed by atoms with van der Waals surface area (Å²) in [5.41, 5.74) is -0.925. The summed E-state index contributed by atoms with van der Waals surface area (Å²) in [7, 11) is 0. The van der Waals surface area contributed by atoms with E-state index in [9.17, 15) is 26.7 Å². The van der Waals surface area contributed by atoms with Crippen molar-refractivity contribution in [2.45, 2.75) is 37.8 Å². The van der Waals surface area contributed by atoms with Gasteiger partial charge in [-0.05, 0) is 24.0 Å². The van der Waals surface area contributed by atoms with Crippen LogP contribution in [0.3, 0.4) is 0 Å². The third kappa shape index (κ3) is 4.42. The van der Waals surface area contributed by atoms with Gasteiger partial charge in [0.25, 0.3) is 0 Å². The Bertz CT molecular complexity index is 533. The molecule has 1 saturated carbocycles. The second-order valence-electron chi connectivity index (χ2n) is 5.60. The van der Waals surface area contributed by atoms with Crippen LogP contribution < -0.4 is 5.32 Å². The zero-order chi connectivity index (χ0) is 16.4. The summed E-state index contributed by atoms with van der Waals surface area (Å²) in [5.74, 6) is -3.26. The number of hydrogen-bond donors (Lipinski definition) is 1. The molecule has 2 rings (SSSR count). The smallest absolute Gasteiger partial charge is 0.356 e. The van der Waals surface area contributed by atoms with E-state index in [2.05, 4.69) is 5.32 Å². The van der Waals surface area contributed by atoms with Gasteiger partial charge in [0.05, 0.1) is 12.0 Å². The fourth-order valence-electron chi connectivity index (χ4n) is 2.59. The van der Waals surface area contributed by atoms with Crippen molar-refractivity contribution < 1.29 is 26.7 Å². The fourth-order valence-corrected chi connectivity index (χ4v) is 2.59. The number of amides is 1. The van der Waals surface area contributed by atoms with Crippen molar-refractivity contribution in [1.29, 1.82) is 0 Å². The number of nitrogens with one attached hydrogen (secondary N) is 1. The molecule has 1 amide bonds. The topological polar surface area (TPSA) is 29.1 Å². The maximum atomic E-state index is 12.8. The zero-order valence-electron chi connectivity index (χ0n) is 11.7. The molecule has 0 spiro atoms. The van der Waals surface area contributed by atoms with Crippen LogP contribution in [0.1, 0.15) is 30.4 Å². The standard InChI is InChI=1S/C15H16F5NO/c16-14(17)8-10(9-14)5-6-21-13(22)7-11-3-1-2-4-12(11)15(18,19)20/h1-4,10H,5-9H2,(H,21,22). The van der Waals surface area contributed by atoms with Gasteiger partial charge in [0.2, 0.25) is 11.8 Å². The molecule has 1 aromatic rings. The first-order chi connectivity index (χ1) is 10.2. The van der Waals surface area contributed by atoms with Gasteiger partial charge < -0.3 is 5.32 Å². The molecule has 0 bridgehead atoms. The monoisotopic (exact) mass is 321 g/mol. The Morgan fingerprint density at radius 2 is 1.86 bits per heavy atom. The number of rotatable bonds is 5. The van der Waals surface area contributed by atoms with Crippen molar-refractivity contribution >= 4 is 5.91 Å². The SMILES string of the molecule is O=C(Cc1ccccc1C(F)(F)F)NCCC1CC(F)(F)C1. The molecular formula is C15H16F5NO. The first-order valence-electron chi connectivity index (χ1n) is 6.97. The Hall–Kier alpha value is -1.66. The molecule has 0 atom stereocenters. The predicted molar refractivity (Wildman–Crippen MR) is 70.4 cm³/mol. The van der Waals surface area contributed by atoms with E-state index in [0.29, 0.717) is 6.42 Å². The fraction of sp³-hybridized carbons (Fsp3) is 0.533. The van der Waals surface area contributed by atoms with Crippen LogP contribution in [0.4, 0.5) is 22.0 Å². The van der Waals surface area contributed by atoms with E-state index in [0.717, 1.165) is 6.07 Å². The van der Waals surface area contributed by atoms with Crippen LogP contribution in [0.15, 0.2) is 24.3 Å². The molecule has 1 N–H and O–H groups in total. The lowest BCUT2D eigenvalue weighted by molar-refractivity contribution is -0.138. The zero-order valence-corrected chi connectivity index (χ0v) is 11.7. The van der Waals surface area contributed by atoms with Gasteiger partial charge in [-0.2, -0.15) is 13.2 Å². The minimum atomic E-state index is -4.51. The highest BCUT2D eigenvalue weighted by atomic mass is 19.4. The summed E-state index contributed by atoms with van der Waals surface area (Å²) in [6.45, 7) is 0.202. The molecule has 0 aliphatic heterocycles. The lowest BCUT2D eigenvalue weighted by Gasteiger charge is -2.34. The Balaban J connectivity index is 1.80. The average molecular weight is 321 g/mol. The summed E-state index contributed by atoms with van der Waals surface area (Å²) in [6, 6.07) is 4.89. The largest absolute Gasteiger partial charge is 0.416 e. The van der Waals surface area contributed by atoms with Crippen LogP contribution in [0.2, 0.25) is 0 Å². The van der Waals surface area contributed by atoms with Gasteiger partial charge in [-0.3, -0.25) is 4.79 Å². The Kier molecular flexibility index (Phi) is 4.72. The first-order valence-corrected chi connectivity index (χ1v) is 6.97. The molecular weight excluding hydrogens is 305 g/mol. The van der Waals surface area contributed by atoms with Crippen molar-refractivity contribution in [3.8, 4) is 0 Å². The van der Waals surface area contributed by atoms with E-state index < -0.39 is 23.6 Å². The molecule has 122 valence electrons. The molecule has 1 aliphatic carbocycles. The van der Waals surface area contributed by atoms with Gasteiger partial charge in [-0.15, -0.1) is 0 Å². The molecule has 1 fully saturated rings. The van der Waals surface area contributed by atoms with Crippen molar-refractivity contribution in [2.24, 2.45) is 5.92 Å². The highest BCUT2D eigenvalue weighted by Crippen LogP contribution is 2.43. The third-order valence-electron chi connectivity index (χ3n) is 3.72. The quantitative estimate of drug-likeness (QED) is 0.821. The van der Waals surface area contributed by atoms with Gasteiger partial charge >= 0.3 is 6.18 Å².